The maximum Gasteiger partial charge on any atom is 0.237 e. The molecule has 0 aliphatic carbocycles. The smallest absolute Gasteiger partial charge is 0.237 e. The van der Waals surface area contributed by atoms with Gasteiger partial charge in [-0.05, 0) is 31.2 Å². The van der Waals surface area contributed by atoms with Gasteiger partial charge in [0.2, 0.25) is 5.91 Å². The number of amides is 1. The van der Waals surface area contributed by atoms with E-state index >= 15 is 0 Å². The first-order valence-corrected chi connectivity index (χ1v) is 8.32. The molecule has 0 radical (unpaired) electrons. The van der Waals surface area contributed by atoms with Crippen LogP contribution < -0.4 is 10.2 Å². The SMILES string of the molecule is C[C@H](C(=O)NCc1ccco1)N1CCN(c2cc(C#N)ccn2)CC1. The molecule has 0 unspecified atom stereocenters. The highest BCUT2D eigenvalue weighted by atomic mass is 16.3. The molecular formula is C18H21N5O2. The Labute approximate surface area is 146 Å². The molecule has 1 amide bonds. The van der Waals surface area contributed by atoms with Crippen molar-refractivity contribution in [1.29, 1.82) is 5.26 Å². The van der Waals surface area contributed by atoms with E-state index in [0.29, 0.717) is 12.1 Å². The second kappa shape index (κ2) is 7.81. The van der Waals surface area contributed by atoms with E-state index in [1.54, 1.807) is 30.7 Å². The van der Waals surface area contributed by atoms with Gasteiger partial charge in [-0.2, -0.15) is 5.26 Å². The number of hydrogen-bond acceptors (Lipinski definition) is 6. The molecule has 1 aliphatic heterocycles. The Morgan fingerprint density at radius 2 is 2.20 bits per heavy atom. The highest BCUT2D eigenvalue weighted by molar-refractivity contribution is 5.81. The summed E-state index contributed by atoms with van der Waals surface area (Å²) in [7, 11) is 0. The summed E-state index contributed by atoms with van der Waals surface area (Å²) in [5, 5.41) is 11.9. The van der Waals surface area contributed by atoms with Crippen molar-refractivity contribution in [2.45, 2.75) is 19.5 Å². The van der Waals surface area contributed by atoms with Gasteiger partial charge >= 0.3 is 0 Å². The molecule has 1 saturated heterocycles. The normalized spacial score (nSPS) is 16.2. The van der Waals surface area contributed by atoms with Gasteiger partial charge in [-0.1, -0.05) is 0 Å². The lowest BCUT2D eigenvalue weighted by atomic mass is 10.2. The number of nitrogens with zero attached hydrogens (tertiary/aromatic N) is 4. The Hall–Kier alpha value is -2.85. The largest absolute Gasteiger partial charge is 0.467 e. The van der Waals surface area contributed by atoms with Crippen molar-refractivity contribution in [2.24, 2.45) is 0 Å². The van der Waals surface area contributed by atoms with Gasteiger partial charge in [0.1, 0.15) is 11.6 Å². The minimum atomic E-state index is -0.199. The first-order chi connectivity index (χ1) is 12.2. The molecule has 130 valence electrons. The first kappa shape index (κ1) is 17.0. The predicted molar refractivity (Wildman–Crippen MR) is 92.8 cm³/mol. The summed E-state index contributed by atoms with van der Waals surface area (Å²) >= 11 is 0. The van der Waals surface area contributed by atoms with Gasteiger partial charge in [0.25, 0.3) is 0 Å². The standard InChI is InChI=1S/C18H21N5O2/c1-14(18(24)21-13-16-3-2-10-25-16)22-6-8-23(9-7-22)17-11-15(12-19)4-5-20-17/h2-5,10-11,14H,6-9,13H2,1H3,(H,21,24)/t14-/m1/s1. The van der Waals surface area contributed by atoms with Crippen molar-refractivity contribution >= 4 is 11.7 Å². The fourth-order valence-corrected chi connectivity index (χ4v) is 2.90. The van der Waals surface area contributed by atoms with Crippen LogP contribution in [0.2, 0.25) is 0 Å². The van der Waals surface area contributed by atoms with Crippen LogP contribution in [-0.4, -0.2) is 48.0 Å². The summed E-state index contributed by atoms with van der Waals surface area (Å²) in [4.78, 5) is 21.0. The molecule has 7 heteroatoms. The molecular weight excluding hydrogens is 318 g/mol. The van der Waals surface area contributed by atoms with Gasteiger partial charge in [0.15, 0.2) is 0 Å². The maximum absolute atomic E-state index is 12.3. The van der Waals surface area contributed by atoms with E-state index in [9.17, 15) is 4.79 Å². The molecule has 1 N–H and O–H groups in total. The molecule has 2 aromatic heterocycles. The van der Waals surface area contributed by atoms with Crippen molar-refractivity contribution in [3.63, 3.8) is 0 Å². The maximum atomic E-state index is 12.3. The van der Waals surface area contributed by atoms with Crippen LogP contribution in [0.15, 0.2) is 41.1 Å². The Kier molecular flexibility index (Phi) is 5.31. The number of carbonyl (C=O) groups excluding carboxylic acids is 1. The zero-order valence-electron chi connectivity index (χ0n) is 14.2. The number of piperazine rings is 1. The number of rotatable bonds is 5. The van der Waals surface area contributed by atoms with Crippen molar-refractivity contribution in [3.05, 3.63) is 48.0 Å². The number of furan rings is 1. The van der Waals surface area contributed by atoms with Gasteiger partial charge < -0.3 is 14.6 Å². The summed E-state index contributed by atoms with van der Waals surface area (Å²) < 4.78 is 5.23. The van der Waals surface area contributed by atoms with Crippen molar-refractivity contribution in [2.75, 3.05) is 31.1 Å². The topological polar surface area (TPSA) is 85.4 Å². The molecule has 1 atom stereocenters. The van der Waals surface area contributed by atoms with E-state index in [4.69, 9.17) is 9.68 Å². The van der Waals surface area contributed by atoms with Crippen LogP contribution >= 0.6 is 0 Å². The molecule has 0 aromatic carbocycles. The second-order valence-electron chi connectivity index (χ2n) is 6.01. The third-order valence-electron chi connectivity index (χ3n) is 4.46. The van der Waals surface area contributed by atoms with Crippen LogP contribution in [0, 0.1) is 11.3 Å². The Morgan fingerprint density at radius 1 is 1.40 bits per heavy atom. The highest BCUT2D eigenvalue weighted by Crippen LogP contribution is 2.16. The van der Waals surface area contributed by atoms with Crippen LogP contribution in [0.3, 0.4) is 0 Å². The highest BCUT2D eigenvalue weighted by Gasteiger charge is 2.26. The molecule has 25 heavy (non-hydrogen) atoms. The van der Waals surface area contributed by atoms with Gasteiger partial charge in [-0.15, -0.1) is 0 Å². The van der Waals surface area contributed by atoms with E-state index in [0.717, 1.165) is 37.8 Å². The van der Waals surface area contributed by atoms with E-state index in [-0.39, 0.29) is 11.9 Å². The lowest BCUT2D eigenvalue weighted by Crippen LogP contribution is -2.54. The first-order valence-electron chi connectivity index (χ1n) is 8.32. The molecule has 0 saturated carbocycles. The van der Waals surface area contributed by atoms with E-state index in [1.807, 2.05) is 13.0 Å². The van der Waals surface area contributed by atoms with Crippen LogP contribution in [0.25, 0.3) is 0 Å². The lowest BCUT2D eigenvalue weighted by molar-refractivity contribution is -0.126. The summed E-state index contributed by atoms with van der Waals surface area (Å²) in [6.07, 6.45) is 3.25. The molecule has 7 nitrogen and oxygen atoms in total. The van der Waals surface area contributed by atoms with Crippen LogP contribution in [-0.2, 0) is 11.3 Å². The number of aromatic nitrogens is 1. The minimum Gasteiger partial charge on any atom is -0.467 e. The van der Waals surface area contributed by atoms with Gasteiger partial charge in [-0.25, -0.2) is 4.98 Å². The molecule has 2 aromatic rings. The van der Waals surface area contributed by atoms with Crippen molar-refractivity contribution in [1.82, 2.24) is 15.2 Å². The Morgan fingerprint density at radius 3 is 2.88 bits per heavy atom. The summed E-state index contributed by atoms with van der Waals surface area (Å²) in [6.45, 7) is 5.42. The lowest BCUT2D eigenvalue weighted by Gasteiger charge is -2.37. The summed E-state index contributed by atoms with van der Waals surface area (Å²) in [5.74, 6) is 1.55. The fourth-order valence-electron chi connectivity index (χ4n) is 2.90. The van der Waals surface area contributed by atoms with Crippen LogP contribution in [0.5, 0.6) is 0 Å². The third-order valence-corrected chi connectivity index (χ3v) is 4.46. The van der Waals surface area contributed by atoms with Gasteiger partial charge in [0, 0.05) is 32.4 Å². The molecule has 1 aliphatic rings. The fraction of sp³-hybridized carbons (Fsp3) is 0.389. The van der Waals surface area contributed by atoms with Crippen molar-refractivity contribution in [3.8, 4) is 6.07 Å². The minimum absolute atomic E-state index is 0.00514. The zero-order valence-corrected chi connectivity index (χ0v) is 14.2. The number of nitrogens with one attached hydrogen (secondary N) is 1. The summed E-state index contributed by atoms with van der Waals surface area (Å²) in [5.41, 5.74) is 0.609. The molecule has 0 bridgehead atoms. The zero-order chi connectivity index (χ0) is 17.6. The molecule has 3 rings (SSSR count). The van der Waals surface area contributed by atoms with E-state index in [1.165, 1.54) is 0 Å². The predicted octanol–water partition coefficient (Wildman–Crippen LogP) is 1.37. The van der Waals surface area contributed by atoms with Crippen molar-refractivity contribution < 1.29 is 9.21 Å². The van der Waals surface area contributed by atoms with Crippen LogP contribution in [0.1, 0.15) is 18.2 Å². The molecule has 0 spiro atoms. The Bertz CT molecular complexity index is 745. The number of hydrogen-bond donors (Lipinski definition) is 1. The average molecular weight is 339 g/mol. The molecule has 1 fully saturated rings. The Balaban J connectivity index is 1.50. The average Bonchev–Trinajstić information content (AvgIpc) is 3.19. The molecule has 3 heterocycles. The monoisotopic (exact) mass is 339 g/mol. The third kappa shape index (κ3) is 4.17. The van der Waals surface area contributed by atoms with E-state index in [2.05, 4.69) is 26.2 Å². The van der Waals surface area contributed by atoms with Gasteiger partial charge in [0.05, 0.1) is 30.5 Å². The number of carbonyl (C=O) groups is 1. The second-order valence-corrected chi connectivity index (χ2v) is 6.01. The van der Waals surface area contributed by atoms with E-state index < -0.39 is 0 Å². The van der Waals surface area contributed by atoms with Gasteiger partial charge in [-0.3, -0.25) is 9.69 Å². The number of pyridine rings is 1. The quantitative estimate of drug-likeness (QED) is 0.886. The number of anilines is 1. The summed E-state index contributed by atoms with van der Waals surface area (Å²) in [6, 6.07) is 9.08. The van der Waals surface area contributed by atoms with Crippen LogP contribution in [0.4, 0.5) is 5.82 Å². The number of nitriles is 1.